The Morgan fingerprint density at radius 2 is 1.86 bits per heavy atom. The van der Waals surface area contributed by atoms with Gasteiger partial charge in [0.2, 0.25) is 0 Å². The maximum Gasteiger partial charge on any atom is 0.261 e. The van der Waals surface area contributed by atoms with Crippen molar-refractivity contribution >= 4 is 21.6 Å². The van der Waals surface area contributed by atoms with Crippen LogP contribution in [-0.4, -0.2) is 30.4 Å². The summed E-state index contributed by atoms with van der Waals surface area (Å²) in [4.78, 5) is 16.6. The molecule has 2 N–H and O–H groups in total. The third kappa shape index (κ3) is 5.45. The lowest BCUT2D eigenvalue weighted by Gasteiger charge is -2.13. The van der Waals surface area contributed by atoms with Crippen molar-refractivity contribution in [1.82, 2.24) is 14.9 Å². The highest BCUT2D eigenvalue weighted by Crippen LogP contribution is 2.21. The van der Waals surface area contributed by atoms with Gasteiger partial charge in [-0.25, -0.2) is 13.4 Å². The van der Waals surface area contributed by atoms with Crippen LogP contribution in [-0.2, 0) is 16.6 Å². The summed E-state index contributed by atoms with van der Waals surface area (Å²) in [5, 5.41) is 2.86. The summed E-state index contributed by atoms with van der Waals surface area (Å²) in [6.45, 7) is 4.95. The molecule has 0 atom stereocenters. The summed E-state index contributed by atoms with van der Waals surface area (Å²) >= 11 is 0. The van der Waals surface area contributed by atoms with Gasteiger partial charge in [-0.15, -0.1) is 0 Å². The Hall–Kier alpha value is -3.13. The molecule has 0 unspecified atom stereocenters. The molecule has 1 aromatic heterocycles. The van der Waals surface area contributed by atoms with E-state index in [4.69, 9.17) is 0 Å². The number of rotatable bonds is 8. The minimum absolute atomic E-state index is 0.178. The first-order chi connectivity index (χ1) is 13.8. The molecule has 0 saturated heterocycles. The molecule has 1 amide bonds. The molecule has 2 aromatic carbocycles. The summed E-state index contributed by atoms with van der Waals surface area (Å²) in [5.41, 5.74) is 2.50. The van der Waals surface area contributed by atoms with Gasteiger partial charge in [-0.2, -0.15) is 0 Å². The van der Waals surface area contributed by atoms with Crippen LogP contribution in [0.5, 0.6) is 0 Å². The molecule has 1 heterocycles. The van der Waals surface area contributed by atoms with E-state index >= 15 is 0 Å². The number of nitrogens with one attached hydrogen (secondary N) is 2. The van der Waals surface area contributed by atoms with Crippen molar-refractivity contribution in [1.29, 1.82) is 0 Å². The first-order valence-electron chi connectivity index (χ1n) is 9.29. The Balaban J connectivity index is 1.65. The highest BCUT2D eigenvalue weighted by atomic mass is 32.2. The molecule has 3 aromatic rings. The van der Waals surface area contributed by atoms with Crippen LogP contribution in [0.25, 0.3) is 0 Å². The van der Waals surface area contributed by atoms with Crippen LogP contribution in [0, 0.1) is 13.8 Å². The maximum atomic E-state index is 12.7. The Kier molecular flexibility index (Phi) is 6.33. The number of benzene rings is 2. The van der Waals surface area contributed by atoms with E-state index in [1.54, 1.807) is 61.9 Å². The van der Waals surface area contributed by atoms with Gasteiger partial charge in [0, 0.05) is 31.0 Å². The van der Waals surface area contributed by atoms with Crippen LogP contribution in [0.3, 0.4) is 0 Å². The van der Waals surface area contributed by atoms with E-state index in [1.807, 2.05) is 17.7 Å². The molecule has 0 saturated carbocycles. The predicted molar refractivity (Wildman–Crippen MR) is 112 cm³/mol. The number of hydrogen-bond donors (Lipinski definition) is 2. The molecule has 29 heavy (non-hydrogen) atoms. The van der Waals surface area contributed by atoms with Crippen molar-refractivity contribution in [3.05, 3.63) is 77.9 Å². The molecule has 3 rings (SSSR count). The van der Waals surface area contributed by atoms with Gasteiger partial charge in [-0.05, 0) is 50.1 Å². The maximum absolute atomic E-state index is 12.7. The van der Waals surface area contributed by atoms with Crippen molar-refractivity contribution in [2.24, 2.45) is 0 Å². The fourth-order valence-corrected chi connectivity index (χ4v) is 3.90. The minimum Gasteiger partial charge on any atom is -0.352 e. The summed E-state index contributed by atoms with van der Waals surface area (Å²) in [6, 6.07) is 11.6. The number of sulfonamides is 1. The monoisotopic (exact) mass is 412 g/mol. The van der Waals surface area contributed by atoms with Crippen LogP contribution < -0.4 is 10.0 Å². The largest absolute Gasteiger partial charge is 0.352 e. The fraction of sp³-hybridized carbons (Fsp3) is 0.238. The van der Waals surface area contributed by atoms with Gasteiger partial charge in [-0.1, -0.05) is 23.8 Å². The van der Waals surface area contributed by atoms with Crippen LogP contribution in [0.1, 0.15) is 27.9 Å². The van der Waals surface area contributed by atoms with Crippen LogP contribution in [0.4, 0.5) is 5.69 Å². The van der Waals surface area contributed by atoms with E-state index in [-0.39, 0.29) is 10.8 Å². The number of aromatic nitrogens is 2. The second kappa shape index (κ2) is 8.91. The number of hydrogen-bond acceptors (Lipinski definition) is 4. The van der Waals surface area contributed by atoms with E-state index in [9.17, 15) is 13.2 Å². The zero-order valence-electron chi connectivity index (χ0n) is 16.4. The van der Waals surface area contributed by atoms with Crippen molar-refractivity contribution in [3.63, 3.8) is 0 Å². The Morgan fingerprint density at radius 3 is 2.55 bits per heavy atom. The molecule has 0 bridgehead atoms. The highest BCUT2D eigenvalue weighted by Gasteiger charge is 2.16. The number of carbonyl (C=O) groups is 1. The van der Waals surface area contributed by atoms with Gasteiger partial charge in [-0.3, -0.25) is 9.52 Å². The van der Waals surface area contributed by atoms with Gasteiger partial charge >= 0.3 is 0 Å². The molecule has 0 fully saturated rings. The summed E-state index contributed by atoms with van der Waals surface area (Å²) in [7, 11) is -3.73. The number of carbonyl (C=O) groups excluding carboxylic acids is 1. The average molecular weight is 413 g/mol. The van der Waals surface area contributed by atoms with Crippen LogP contribution >= 0.6 is 0 Å². The second-order valence-corrected chi connectivity index (χ2v) is 8.54. The minimum atomic E-state index is -3.73. The van der Waals surface area contributed by atoms with Crippen LogP contribution in [0.2, 0.25) is 0 Å². The number of nitrogens with zero attached hydrogens (tertiary/aromatic N) is 2. The fourth-order valence-electron chi connectivity index (χ4n) is 2.78. The van der Waals surface area contributed by atoms with E-state index < -0.39 is 10.0 Å². The van der Waals surface area contributed by atoms with E-state index in [0.29, 0.717) is 17.8 Å². The van der Waals surface area contributed by atoms with Crippen molar-refractivity contribution in [3.8, 4) is 0 Å². The molecule has 0 spiro atoms. The smallest absolute Gasteiger partial charge is 0.261 e. The van der Waals surface area contributed by atoms with Gasteiger partial charge in [0.15, 0.2) is 0 Å². The van der Waals surface area contributed by atoms with Gasteiger partial charge in [0.25, 0.3) is 15.9 Å². The third-order valence-electron chi connectivity index (χ3n) is 4.51. The zero-order valence-corrected chi connectivity index (χ0v) is 17.2. The standard InChI is InChI=1S/C21H24N4O3S/c1-16-4-8-19(9-5-16)29(27,28)24-20-14-18(7-6-17(20)2)21(26)23-10-3-12-25-13-11-22-15-25/h4-9,11,13-15,24H,3,10,12H2,1-2H3,(H,23,26). The second-order valence-electron chi connectivity index (χ2n) is 6.86. The number of imidazole rings is 1. The quantitative estimate of drug-likeness (QED) is 0.556. The van der Waals surface area contributed by atoms with Crippen molar-refractivity contribution in [2.75, 3.05) is 11.3 Å². The third-order valence-corrected chi connectivity index (χ3v) is 5.89. The topological polar surface area (TPSA) is 93.1 Å². The number of anilines is 1. The zero-order chi connectivity index (χ0) is 20.9. The molecule has 0 aliphatic heterocycles. The van der Waals surface area contributed by atoms with Crippen LogP contribution in [0.15, 0.2) is 66.1 Å². The lowest BCUT2D eigenvalue weighted by molar-refractivity contribution is 0.0952. The Morgan fingerprint density at radius 1 is 1.10 bits per heavy atom. The molecule has 0 aliphatic carbocycles. The summed E-state index contributed by atoms with van der Waals surface area (Å²) in [5.74, 6) is -0.244. The average Bonchev–Trinajstić information content (AvgIpc) is 3.20. The number of aryl methyl sites for hydroxylation is 3. The normalized spacial score (nSPS) is 11.2. The molecular weight excluding hydrogens is 388 g/mol. The first kappa shape index (κ1) is 20.6. The Bertz CT molecular complexity index is 1080. The molecule has 0 aliphatic rings. The van der Waals surface area contributed by atoms with Crippen molar-refractivity contribution < 1.29 is 13.2 Å². The molecule has 8 heteroatoms. The first-order valence-corrected chi connectivity index (χ1v) is 10.8. The molecule has 7 nitrogen and oxygen atoms in total. The van der Waals surface area contributed by atoms with Gasteiger partial charge < -0.3 is 9.88 Å². The van der Waals surface area contributed by atoms with Gasteiger partial charge in [0.05, 0.1) is 16.9 Å². The van der Waals surface area contributed by atoms with E-state index in [2.05, 4.69) is 15.0 Å². The number of amides is 1. The van der Waals surface area contributed by atoms with E-state index in [0.717, 1.165) is 24.1 Å². The molecule has 152 valence electrons. The lowest BCUT2D eigenvalue weighted by Crippen LogP contribution is -2.25. The summed E-state index contributed by atoms with van der Waals surface area (Å²) < 4.78 is 29.8. The lowest BCUT2D eigenvalue weighted by atomic mass is 10.1. The SMILES string of the molecule is Cc1ccc(S(=O)(=O)Nc2cc(C(=O)NCCCn3ccnc3)ccc2C)cc1. The predicted octanol–water partition coefficient (Wildman–Crippen LogP) is 3.12. The summed E-state index contributed by atoms with van der Waals surface area (Å²) in [6.07, 6.45) is 6.08. The molecular formula is C21H24N4O3S. The van der Waals surface area contributed by atoms with Crippen molar-refractivity contribution in [2.45, 2.75) is 31.7 Å². The van der Waals surface area contributed by atoms with E-state index in [1.165, 1.54) is 0 Å². The Labute approximate surface area is 170 Å². The highest BCUT2D eigenvalue weighted by molar-refractivity contribution is 7.92. The molecule has 0 radical (unpaired) electrons. The van der Waals surface area contributed by atoms with Gasteiger partial charge in [0.1, 0.15) is 0 Å².